The lowest BCUT2D eigenvalue weighted by Gasteiger charge is -2.11. The zero-order valence-corrected chi connectivity index (χ0v) is 10.1. The second kappa shape index (κ2) is 9.11. The van der Waals surface area contributed by atoms with E-state index in [9.17, 15) is 9.59 Å². The van der Waals surface area contributed by atoms with E-state index in [-0.39, 0.29) is 0 Å². The van der Waals surface area contributed by atoms with Gasteiger partial charge in [0.05, 0.1) is 5.41 Å². The average molecular weight is 236 g/mol. The van der Waals surface area contributed by atoms with E-state index in [0.29, 0.717) is 6.42 Å². The molecule has 0 radical (unpaired) electrons. The zero-order chi connectivity index (χ0) is 13.2. The summed E-state index contributed by atoms with van der Waals surface area (Å²) in [5.41, 5.74) is -0.602. The van der Waals surface area contributed by atoms with E-state index < -0.39 is 17.4 Å². The molecule has 2 N–H and O–H groups in total. The Balaban J connectivity index is 0. The van der Waals surface area contributed by atoms with Gasteiger partial charge >= 0.3 is 11.9 Å². The minimum atomic E-state index is -0.613. The van der Waals surface area contributed by atoms with Crippen molar-refractivity contribution in [2.45, 2.75) is 47.0 Å². The van der Waals surface area contributed by atoms with Crippen molar-refractivity contribution in [3.05, 3.63) is 0 Å². The van der Waals surface area contributed by atoms with Gasteiger partial charge in [-0.1, -0.05) is 13.3 Å². The van der Waals surface area contributed by atoms with Crippen molar-refractivity contribution in [3.8, 4) is 0 Å². The molecule has 0 aromatic carbocycles. The van der Waals surface area contributed by atoms with Crippen molar-refractivity contribution in [2.75, 3.05) is 0 Å². The van der Waals surface area contributed by atoms with Gasteiger partial charge in [0.15, 0.2) is 0 Å². The van der Waals surface area contributed by atoms with E-state index >= 15 is 0 Å². The Labute approximate surface area is 95.0 Å². The van der Waals surface area contributed by atoms with Crippen LogP contribution in [0.1, 0.15) is 47.0 Å². The standard InChI is InChI=1S/2C5H10O3/c1-5(2,3)4(6)8-7;1-2-3-4-5(6)8-7/h7H,1-3H3;7H,2-4H2,1H3. The first-order valence-electron chi connectivity index (χ1n) is 4.99. The average Bonchev–Trinajstić information content (AvgIpc) is 2.24. The molecule has 0 aliphatic carbocycles. The molecule has 0 rings (SSSR count). The highest BCUT2D eigenvalue weighted by atomic mass is 17.1. The fourth-order valence-corrected chi connectivity index (χ4v) is 0.504. The van der Waals surface area contributed by atoms with Crippen LogP contribution in [-0.4, -0.2) is 22.5 Å². The molecule has 96 valence electrons. The van der Waals surface area contributed by atoms with Gasteiger partial charge in [0.1, 0.15) is 0 Å². The minimum absolute atomic E-state index is 0.312. The predicted octanol–water partition coefficient (Wildman–Crippen LogP) is 2.24. The smallest absolute Gasteiger partial charge is 0.301 e. The fraction of sp³-hybridized carbons (Fsp3) is 0.800. The molecular weight excluding hydrogens is 216 g/mol. The van der Waals surface area contributed by atoms with Gasteiger partial charge in [-0.2, -0.15) is 10.5 Å². The quantitative estimate of drug-likeness (QED) is 0.576. The summed E-state index contributed by atoms with van der Waals surface area (Å²) in [4.78, 5) is 27.3. The SMILES string of the molecule is CC(C)(C)C(=O)OO.CCCCC(=O)OO. The van der Waals surface area contributed by atoms with Crippen molar-refractivity contribution in [1.82, 2.24) is 0 Å². The van der Waals surface area contributed by atoms with Crippen LogP contribution in [-0.2, 0) is 19.4 Å². The minimum Gasteiger partial charge on any atom is -0.301 e. The highest BCUT2D eigenvalue weighted by molar-refractivity contribution is 5.74. The second-order valence-corrected chi connectivity index (χ2v) is 4.20. The summed E-state index contributed by atoms with van der Waals surface area (Å²) in [7, 11) is 0. The first kappa shape index (κ1) is 17.3. The number of hydrogen-bond acceptors (Lipinski definition) is 6. The van der Waals surface area contributed by atoms with Crippen molar-refractivity contribution in [1.29, 1.82) is 0 Å². The van der Waals surface area contributed by atoms with Crippen LogP contribution in [0.2, 0.25) is 0 Å². The van der Waals surface area contributed by atoms with E-state index in [2.05, 4.69) is 9.78 Å². The summed E-state index contributed by atoms with van der Waals surface area (Å²) in [6.45, 7) is 6.94. The van der Waals surface area contributed by atoms with Crippen LogP contribution in [0.25, 0.3) is 0 Å². The third-order valence-corrected chi connectivity index (χ3v) is 1.53. The third-order valence-electron chi connectivity index (χ3n) is 1.53. The van der Waals surface area contributed by atoms with Crippen molar-refractivity contribution >= 4 is 11.9 Å². The summed E-state index contributed by atoms with van der Waals surface area (Å²) in [5, 5.41) is 15.5. The lowest BCUT2D eigenvalue weighted by atomic mass is 9.98. The van der Waals surface area contributed by atoms with Gasteiger partial charge in [0.2, 0.25) is 0 Å². The van der Waals surface area contributed by atoms with Gasteiger partial charge in [0.25, 0.3) is 0 Å². The maximum absolute atomic E-state index is 10.4. The number of unbranched alkanes of at least 4 members (excludes halogenated alkanes) is 1. The molecule has 6 nitrogen and oxygen atoms in total. The lowest BCUT2D eigenvalue weighted by molar-refractivity contribution is -0.243. The predicted molar refractivity (Wildman–Crippen MR) is 56.4 cm³/mol. The highest BCUT2D eigenvalue weighted by Gasteiger charge is 2.22. The Morgan fingerprint density at radius 1 is 1.12 bits per heavy atom. The van der Waals surface area contributed by atoms with Gasteiger partial charge in [-0.05, 0) is 27.2 Å². The van der Waals surface area contributed by atoms with Crippen molar-refractivity contribution < 1.29 is 29.9 Å². The molecule has 0 aromatic heterocycles. The van der Waals surface area contributed by atoms with Gasteiger partial charge in [0, 0.05) is 6.42 Å². The normalized spacial score (nSPS) is 9.88. The van der Waals surface area contributed by atoms with E-state index in [1.165, 1.54) is 0 Å². The van der Waals surface area contributed by atoms with Crippen LogP contribution in [0, 0.1) is 5.41 Å². The Kier molecular flexibility index (Phi) is 9.83. The third kappa shape index (κ3) is 10.9. The summed E-state index contributed by atoms with van der Waals surface area (Å²) < 4.78 is 0. The lowest BCUT2D eigenvalue weighted by Crippen LogP contribution is -2.21. The number of carbonyl (C=O) groups excluding carboxylic acids is 2. The number of carbonyl (C=O) groups is 2. The van der Waals surface area contributed by atoms with Crippen LogP contribution >= 0.6 is 0 Å². The van der Waals surface area contributed by atoms with Crippen LogP contribution in [0.3, 0.4) is 0 Å². The first-order valence-corrected chi connectivity index (χ1v) is 4.99. The highest BCUT2D eigenvalue weighted by Crippen LogP contribution is 2.13. The monoisotopic (exact) mass is 236 g/mol. The van der Waals surface area contributed by atoms with Gasteiger partial charge < -0.3 is 9.78 Å². The Bertz CT molecular complexity index is 206. The molecule has 0 atom stereocenters. The molecule has 0 spiro atoms. The number of rotatable bonds is 3. The first-order chi connectivity index (χ1) is 7.29. The summed E-state index contributed by atoms with van der Waals surface area (Å²) in [6.07, 6.45) is 2.03. The molecule has 0 aliphatic rings. The topological polar surface area (TPSA) is 93.1 Å². The van der Waals surface area contributed by atoms with Crippen molar-refractivity contribution in [3.63, 3.8) is 0 Å². The molecule has 0 saturated carbocycles. The van der Waals surface area contributed by atoms with Gasteiger partial charge in [-0.15, -0.1) is 0 Å². The number of hydrogen-bond donors (Lipinski definition) is 2. The van der Waals surface area contributed by atoms with E-state index in [0.717, 1.165) is 12.8 Å². The molecule has 0 saturated heterocycles. The maximum atomic E-state index is 10.4. The molecule has 0 bridgehead atoms. The van der Waals surface area contributed by atoms with Crippen LogP contribution in [0.5, 0.6) is 0 Å². The molecular formula is C10H20O6. The zero-order valence-electron chi connectivity index (χ0n) is 10.1. The molecule has 0 fully saturated rings. The van der Waals surface area contributed by atoms with Crippen LogP contribution in [0.15, 0.2) is 0 Å². The molecule has 0 aliphatic heterocycles. The fourth-order valence-electron chi connectivity index (χ4n) is 0.504. The van der Waals surface area contributed by atoms with Crippen LogP contribution in [0.4, 0.5) is 0 Å². The van der Waals surface area contributed by atoms with E-state index in [1.807, 2.05) is 6.92 Å². The largest absolute Gasteiger partial charge is 0.347 e. The maximum Gasteiger partial charge on any atom is 0.347 e. The molecule has 6 heteroatoms. The van der Waals surface area contributed by atoms with Crippen molar-refractivity contribution in [2.24, 2.45) is 5.41 Å². The van der Waals surface area contributed by atoms with E-state index in [1.54, 1.807) is 20.8 Å². The summed E-state index contributed by atoms with van der Waals surface area (Å²) >= 11 is 0. The van der Waals surface area contributed by atoms with Gasteiger partial charge in [-0.3, -0.25) is 0 Å². The molecule has 0 amide bonds. The van der Waals surface area contributed by atoms with Gasteiger partial charge in [-0.25, -0.2) is 9.59 Å². The summed E-state index contributed by atoms with van der Waals surface area (Å²) in [5.74, 6) is -1.16. The molecule has 0 heterocycles. The Hall–Kier alpha value is -1.14. The molecule has 0 unspecified atom stereocenters. The second-order valence-electron chi connectivity index (χ2n) is 4.20. The van der Waals surface area contributed by atoms with Crippen LogP contribution < -0.4 is 0 Å². The Morgan fingerprint density at radius 3 is 1.81 bits per heavy atom. The van der Waals surface area contributed by atoms with E-state index in [4.69, 9.17) is 10.5 Å². The molecule has 0 aromatic rings. The Morgan fingerprint density at radius 2 is 1.62 bits per heavy atom. The molecule has 16 heavy (non-hydrogen) atoms. The summed E-state index contributed by atoms with van der Waals surface area (Å²) in [6, 6.07) is 0.